The normalized spacial score (nSPS) is 19.0. The van der Waals surface area contributed by atoms with Crippen LogP contribution in [-0.2, 0) is 4.79 Å². The van der Waals surface area contributed by atoms with Crippen molar-refractivity contribution in [2.75, 3.05) is 53.4 Å². The number of rotatable bonds is 8. The van der Waals surface area contributed by atoms with Crippen molar-refractivity contribution in [2.24, 2.45) is 4.99 Å². The largest absolute Gasteiger partial charge is 0.497 e. The van der Waals surface area contributed by atoms with E-state index in [9.17, 15) is 4.79 Å². The van der Waals surface area contributed by atoms with E-state index in [2.05, 4.69) is 44.5 Å². The van der Waals surface area contributed by atoms with E-state index in [-0.39, 0.29) is 5.91 Å². The van der Waals surface area contributed by atoms with Crippen LogP contribution in [-0.4, -0.2) is 81.1 Å². The Morgan fingerprint density at radius 3 is 2.48 bits per heavy atom. The van der Waals surface area contributed by atoms with Crippen LogP contribution >= 0.6 is 0 Å². The zero-order valence-electron chi connectivity index (χ0n) is 18.0. The van der Waals surface area contributed by atoms with Gasteiger partial charge in [0.15, 0.2) is 5.96 Å². The number of nitrogens with zero attached hydrogens (tertiary/aromatic N) is 3. The van der Waals surface area contributed by atoms with Crippen molar-refractivity contribution in [3.63, 3.8) is 0 Å². The molecule has 7 heteroatoms. The number of nitrogens with one attached hydrogen (secondary N) is 2. The SMILES string of the molecule is CN=C(NCCC(C)c1ccc(OC)cc1)N1CCN(CC(=O)NC2CC2)CC1. The van der Waals surface area contributed by atoms with Crippen LogP contribution in [0.1, 0.15) is 37.7 Å². The summed E-state index contributed by atoms with van der Waals surface area (Å²) in [4.78, 5) is 21.0. The van der Waals surface area contributed by atoms with E-state index in [1.165, 1.54) is 5.56 Å². The molecule has 0 aromatic heterocycles. The standard InChI is InChI=1S/C22H35N5O2/c1-17(18-4-8-20(29-3)9-5-18)10-11-24-22(23-2)27-14-12-26(13-15-27)16-21(28)25-19-6-7-19/h4-5,8-9,17,19H,6-7,10-16H2,1-3H3,(H,23,24)(H,25,28). The number of hydrogen-bond donors (Lipinski definition) is 2. The number of piperazine rings is 1. The maximum atomic E-state index is 12.0. The summed E-state index contributed by atoms with van der Waals surface area (Å²) in [6.07, 6.45) is 3.31. The minimum absolute atomic E-state index is 0.163. The second kappa shape index (κ2) is 10.5. The highest BCUT2D eigenvalue weighted by Gasteiger charge is 2.25. The number of carbonyl (C=O) groups excluding carboxylic acids is 1. The molecule has 1 saturated carbocycles. The quantitative estimate of drug-likeness (QED) is 0.512. The van der Waals surface area contributed by atoms with Gasteiger partial charge in [-0.05, 0) is 42.9 Å². The fourth-order valence-corrected chi connectivity index (χ4v) is 3.65. The topological polar surface area (TPSA) is 69.2 Å². The van der Waals surface area contributed by atoms with Crippen LogP contribution in [0, 0.1) is 0 Å². The van der Waals surface area contributed by atoms with E-state index in [0.717, 1.165) is 63.7 Å². The molecular weight excluding hydrogens is 366 g/mol. The molecular formula is C22H35N5O2. The highest BCUT2D eigenvalue weighted by atomic mass is 16.5. The Balaban J connectivity index is 1.37. The van der Waals surface area contributed by atoms with Gasteiger partial charge in [-0.1, -0.05) is 19.1 Å². The summed E-state index contributed by atoms with van der Waals surface area (Å²) in [5, 5.41) is 6.57. The minimum Gasteiger partial charge on any atom is -0.497 e. The third kappa shape index (κ3) is 6.63. The van der Waals surface area contributed by atoms with Gasteiger partial charge >= 0.3 is 0 Å². The molecule has 7 nitrogen and oxygen atoms in total. The lowest BCUT2D eigenvalue weighted by molar-refractivity contribution is -0.122. The van der Waals surface area contributed by atoms with Crippen LogP contribution < -0.4 is 15.4 Å². The van der Waals surface area contributed by atoms with Gasteiger partial charge in [0.2, 0.25) is 5.91 Å². The van der Waals surface area contributed by atoms with Gasteiger partial charge in [-0.2, -0.15) is 0 Å². The number of hydrogen-bond acceptors (Lipinski definition) is 4. The van der Waals surface area contributed by atoms with Gasteiger partial charge in [0.25, 0.3) is 0 Å². The van der Waals surface area contributed by atoms with Crippen molar-refractivity contribution in [3.8, 4) is 5.75 Å². The third-order valence-electron chi connectivity index (χ3n) is 5.74. The fourth-order valence-electron chi connectivity index (χ4n) is 3.65. The number of guanidine groups is 1. The number of amides is 1. The third-order valence-corrected chi connectivity index (χ3v) is 5.74. The van der Waals surface area contributed by atoms with Gasteiger partial charge < -0.3 is 20.3 Å². The minimum atomic E-state index is 0.163. The monoisotopic (exact) mass is 401 g/mol. The predicted molar refractivity (Wildman–Crippen MR) is 117 cm³/mol. The van der Waals surface area contributed by atoms with Gasteiger partial charge in [-0.3, -0.25) is 14.7 Å². The predicted octanol–water partition coefficient (Wildman–Crippen LogP) is 1.66. The summed E-state index contributed by atoms with van der Waals surface area (Å²) in [5.41, 5.74) is 1.32. The summed E-state index contributed by atoms with van der Waals surface area (Å²) >= 11 is 0. The van der Waals surface area contributed by atoms with Crippen LogP contribution in [0.4, 0.5) is 0 Å². The van der Waals surface area contributed by atoms with E-state index in [1.807, 2.05) is 19.2 Å². The molecule has 0 radical (unpaired) electrons. The Labute approximate surface area is 174 Å². The van der Waals surface area contributed by atoms with E-state index in [4.69, 9.17) is 4.74 Å². The molecule has 2 N–H and O–H groups in total. The van der Waals surface area contributed by atoms with Crippen molar-refractivity contribution >= 4 is 11.9 Å². The molecule has 1 aromatic carbocycles. The number of ether oxygens (including phenoxy) is 1. The van der Waals surface area contributed by atoms with Crippen molar-refractivity contribution in [2.45, 2.75) is 38.1 Å². The summed E-state index contributed by atoms with van der Waals surface area (Å²) in [6.45, 7) is 7.20. The molecule has 1 amide bonds. The molecule has 1 unspecified atom stereocenters. The molecule has 1 saturated heterocycles. The second-order valence-corrected chi connectivity index (χ2v) is 8.04. The molecule has 1 aliphatic heterocycles. The number of benzene rings is 1. The molecule has 3 rings (SSSR count). The lowest BCUT2D eigenvalue weighted by Gasteiger charge is -2.36. The van der Waals surface area contributed by atoms with Crippen molar-refractivity contribution in [1.82, 2.24) is 20.4 Å². The summed E-state index contributed by atoms with van der Waals surface area (Å²) in [5.74, 6) is 2.47. The molecule has 1 atom stereocenters. The zero-order chi connectivity index (χ0) is 20.6. The van der Waals surface area contributed by atoms with Crippen LogP contribution in [0.5, 0.6) is 5.75 Å². The van der Waals surface area contributed by atoms with Crippen molar-refractivity contribution in [1.29, 1.82) is 0 Å². The lowest BCUT2D eigenvalue weighted by Crippen LogP contribution is -2.54. The fraction of sp³-hybridized carbons (Fsp3) is 0.636. The van der Waals surface area contributed by atoms with Crippen LogP contribution in [0.3, 0.4) is 0 Å². The van der Waals surface area contributed by atoms with E-state index in [0.29, 0.717) is 18.5 Å². The van der Waals surface area contributed by atoms with Gasteiger partial charge in [-0.25, -0.2) is 0 Å². The first-order valence-electron chi connectivity index (χ1n) is 10.7. The zero-order valence-corrected chi connectivity index (χ0v) is 18.0. The molecule has 0 spiro atoms. The van der Waals surface area contributed by atoms with E-state index >= 15 is 0 Å². The Hall–Kier alpha value is -2.28. The number of carbonyl (C=O) groups is 1. The first kappa shape index (κ1) is 21.4. The lowest BCUT2D eigenvalue weighted by atomic mass is 9.98. The van der Waals surface area contributed by atoms with E-state index in [1.54, 1.807) is 7.11 Å². The molecule has 2 fully saturated rings. The molecule has 2 aliphatic rings. The highest BCUT2D eigenvalue weighted by Crippen LogP contribution is 2.21. The van der Waals surface area contributed by atoms with E-state index < -0.39 is 0 Å². The average Bonchev–Trinajstić information content (AvgIpc) is 3.55. The van der Waals surface area contributed by atoms with Gasteiger partial charge in [-0.15, -0.1) is 0 Å². The molecule has 1 aliphatic carbocycles. The smallest absolute Gasteiger partial charge is 0.234 e. The maximum absolute atomic E-state index is 12.0. The summed E-state index contributed by atoms with van der Waals surface area (Å²) in [6, 6.07) is 8.74. The van der Waals surface area contributed by atoms with Gasteiger partial charge in [0, 0.05) is 45.8 Å². The highest BCUT2D eigenvalue weighted by molar-refractivity contribution is 5.80. The molecule has 0 bridgehead atoms. The van der Waals surface area contributed by atoms with Crippen molar-refractivity contribution < 1.29 is 9.53 Å². The summed E-state index contributed by atoms with van der Waals surface area (Å²) in [7, 11) is 3.53. The molecule has 29 heavy (non-hydrogen) atoms. The Morgan fingerprint density at radius 2 is 1.90 bits per heavy atom. The Kier molecular flexibility index (Phi) is 7.75. The molecule has 160 valence electrons. The number of aliphatic imine (C=N–C) groups is 1. The first-order valence-corrected chi connectivity index (χ1v) is 10.7. The second-order valence-electron chi connectivity index (χ2n) is 8.04. The van der Waals surface area contributed by atoms with Crippen LogP contribution in [0.25, 0.3) is 0 Å². The van der Waals surface area contributed by atoms with Crippen LogP contribution in [0.15, 0.2) is 29.3 Å². The van der Waals surface area contributed by atoms with Crippen LogP contribution in [0.2, 0.25) is 0 Å². The average molecular weight is 402 g/mol. The van der Waals surface area contributed by atoms with Gasteiger partial charge in [0.1, 0.15) is 5.75 Å². The molecule has 1 heterocycles. The van der Waals surface area contributed by atoms with Crippen molar-refractivity contribution in [3.05, 3.63) is 29.8 Å². The number of methoxy groups -OCH3 is 1. The molecule has 1 aromatic rings. The van der Waals surface area contributed by atoms with Gasteiger partial charge in [0.05, 0.1) is 13.7 Å². The Morgan fingerprint density at radius 1 is 1.21 bits per heavy atom. The maximum Gasteiger partial charge on any atom is 0.234 e. The Bertz CT molecular complexity index is 679. The summed E-state index contributed by atoms with van der Waals surface area (Å²) < 4.78 is 5.23. The first-order chi connectivity index (χ1) is 14.1.